The summed E-state index contributed by atoms with van der Waals surface area (Å²) in [6.45, 7) is 1.61. The summed E-state index contributed by atoms with van der Waals surface area (Å²) in [5.41, 5.74) is 3.03. The summed E-state index contributed by atoms with van der Waals surface area (Å²) in [6.07, 6.45) is 0.730. The van der Waals surface area contributed by atoms with Crippen LogP contribution >= 0.6 is 11.6 Å². The fourth-order valence-corrected chi connectivity index (χ4v) is 2.95. The molecule has 0 unspecified atom stereocenters. The van der Waals surface area contributed by atoms with Crippen molar-refractivity contribution in [2.75, 3.05) is 0 Å². The van der Waals surface area contributed by atoms with Crippen molar-refractivity contribution in [2.24, 2.45) is 0 Å². The van der Waals surface area contributed by atoms with E-state index in [1.54, 1.807) is 6.92 Å². The predicted molar refractivity (Wildman–Crippen MR) is 88.2 cm³/mol. The number of benzene rings is 3. The van der Waals surface area contributed by atoms with Gasteiger partial charge in [0, 0.05) is 16.0 Å². The van der Waals surface area contributed by atoms with Crippen LogP contribution in [0.2, 0.25) is 5.02 Å². The van der Waals surface area contributed by atoms with Gasteiger partial charge in [-0.15, -0.1) is 0 Å². The molecule has 0 saturated carbocycles. The molecule has 0 N–H and O–H groups in total. The van der Waals surface area contributed by atoms with Gasteiger partial charge in [-0.1, -0.05) is 66.2 Å². The zero-order valence-corrected chi connectivity index (χ0v) is 12.5. The number of hydrogen-bond acceptors (Lipinski definition) is 1. The third-order valence-corrected chi connectivity index (χ3v) is 4.07. The van der Waals surface area contributed by atoms with Gasteiger partial charge in [0.1, 0.15) is 0 Å². The summed E-state index contributed by atoms with van der Waals surface area (Å²) in [4.78, 5) is 11.8. The van der Waals surface area contributed by atoms with E-state index in [9.17, 15) is 4.79 Å². The Kier molecular flexibility index (Phi) is 3.76. The SMILES string of the molecule is CC(=O)c1ccccc1Cc1cccc2c(Cl)cccc12. The number of fused-ring (bicyclic) bond motifs is 1. The third kappa shape index (κ3) is 2.70. The van der Waals surface area contributed by atoms with Gasteiger partial charge in [-0.05, 0) is 35.9 Å². The van der Waals surface area contributed by atoms with E-state index in [0.29, 0.717) is 0 Å². The zero-order valence-electron chi connectivity index (χ0n) is 11.8. The minimum atomic E-state index is 0.101. The normalized spacial score (nSPS) is 10.8. The molecule has 0 aliphatic carbocycles. The molecule has 0 spiro atoms. The van der Waals surface area contributed by atoms with Gasteiger partial charge in [-0.3, -0.25) is 4.79 Å². The van der Waals surface area contributed by atoms with Crippen molar-refractivity contribution in [2.45, 2.75) is 13.3 Å². The van der Waals surface area contributed by atoms with Crippen LogP contribution in [0.3, 0.4) is 0 Å². The highest BCUT2D eigenvalue weighted by atomic mass is 35.5. The smallest absolute Gasteiger partial charge is 0.160 e. The average molecular weight is 295 g/mol. The highest BCUT2D eigenvalue weighted by Gasteiger charge is 2.09. The Balaban J connectivity index is 2.11. The van der Waals surface area contributed by atoms with Crippen molar-refractivity contribution < 1.29 is 4.79 Å². The number of Topliss-reactive ketones (excluding diaryl/α,β-unsaturated/α-hetero) is 1. The first-order valence-electron chi connectivity index (χ1n) is 6.92. The molecule has 0 radical (unpaired) electrons. The van der Waals surface area contributed by atoms with Crippen LogP contribution < -0.4 is 0 Å². The maximum atomic E-state index is 11.8. The second-order valence-corrected chi connectivity index (χ2v) is 5.55. The molecule has 0 bridgehead atoms. The molecule has 3 aromatic rings. The van der Waals surface area contributed by atoms with E-state index in [1.807, 2.05) is 48.5 Å². The van der Waals surface area contributed by atoms with Crippen molar-refractivity contribution in [1.29, 1.82) is 0 Å². The fourth-order valence-electron chi connectivity index (χ4n) is 2.71. The van der Waals surface area contributed by atoms with E-state index in [-0.39, 0.29) is 5.78 Å². The van der Waals surface area contributed by atoms with Gasteiger partial charge in [-0.25, -0.2) is 0 Å². The molecule has 2 heteroatoms. The van der Waals surface area contributed by atoms with Crippen LogP contribution in [0, 0.1) is 0 Å². The summed E-state index contributed by atoms with van der Waals surface area (Å²) in [5, 5.41) is 2.95. The highest BCUT2D eigenvalue weighted by Crippen LogP contribution is 2.28. The van der Waals surface area contributed by atoms with Gasteiger partial charge < -0.3 is 0 Å². The van der Waals surface area contributed by atoms with Gasteiger partial charge in [0.25, 0.3) is 0 Å². The Labute approximate surface area is 129 Å². The van der Waals surface area contributed by atoms with Gasteiger partial charge >= 0.3 is 0 Å². The molecule has 0 aromatic heterocycles. The Morgan fingerprint density at radius 1 is 0.857 bits per heavy atom. The number of ketones is 1. The molecular weight excluding hydrogens is 280 g/mol. The zero-order chi connectivity index (χ0) is 14.8. The molecule has 0 aliphatic rings. The van der Waals surface area contributed by atoms with Crippen molar-refractivity contribution >= 4 is 28.2 Å². The molecule has 3 rings (SSSR count). The minimum Gasteiger partial charge on any atom is -0.295 e. The number of rotatable bonds is 3. The molecule has 0 saturated heterocycles. The largest absolute Gasteiger partial charge is 0.295 e. The first-order valence-corrected chi connectivity index (χ1v) is 7.29. The Bertz CT molecular complexity index is 821. The lowest BCUT2D eigenvalue weighted by Crippen LogP contribution is -2.00. The van der Waals surface area contributed by atoms with Crippen molar-refractivity contribution in [3.05, 3.63) is 82.4 Å². The van der Waals surface area contributed by atoms with E-state index in [0.717, 1.165) is 33.3 Å². The maximum absolute atomic E-state index is 11.8. The lowest BCUT2D eigenvalue weighted by atomic mass is 9.94. The fraction of sp³-hybridized carbons (Fsp3) is 0.105. The predicted octanol–water partition coefficient (Wildman–Crippen LogP) is 5.29. The van der Waals surface area contributed by atoms with Crippen LogP contribution in [0.1, 0.15) is 28.4 Å². The second-order valence-electron chi connectivity index (χ2n) is 5.14. The van der Waals surface area contributed by atoms with Gasteiger partial charge in [0.15, 0.2) is 5.78 Å². The van der Waals surface area contributed by atoms with E-state index >= 15 is 0 Å². The highest BCUT2D eigenvalue weighted by molar-refractivity contribution is 6.35. The molecule has 104 valence electrons. The van der Waals surface area contributed by atoms with E-state index in [4.69, 9.17) is 11.6 Å². The molecular formula is C19H15ClO. The molecule has 21 heavy (non-hydrogen) atoms. The second kappa shape index (κ2) is 5.71. The monoisotopic (exact) mass is 294 g/mol. The van der Waals surface area contributed by atoms with Gasteiger partial charge in [0.2, 0.25) is 0 Å². The lowest BCUT2D eigenvalue weighted by Gasteiger charge is -2.10. The summed E-state index contributed by atoms with van der Waals surface area (Å²) >= 11 is 6.26. The Morgan fingerprint density at radius 3 is 2.33 bits per heavy atom. The lowest BCUT2D eigenvalue weighted by molar-refractivity contribution is 0.101. The first kappa shape index (κ1) is 13.8. The van der Waals surface area contributed by atoms with Crippen LogP contribution in [0.5, 0.6) is 0 Å². The average Bonchev–Trinajstić information content (AvgIpc) is 2.49. The van der Waals surface area contributed by atoms with Crippen LogP contribution in [0.4, 0.5) is 0 Å². The standard InChI is InChI=1S/C19H15ClO/c1-13(21)16-8-3-2-6-14(16)12-15-7-4-10-18-17(15)9-5-11-19(18)20/h2-11H,12H2,1H3. The first-order chi connectivity index (χ1) is 10.2. The van der Waals surface area contributed by atoms with Gasteiger partial charge in [0.05, 0.1) is 0 Å². The molecule has 0 heterocycles. The minimum absolute atomic E-state index is 0.101. The summed E-state index contributed by atoms with van der Waals surface area (Å²) in [7, 11) is 0. The number of halogens is 1. The summed E-state index contributed by atoms with van der Waals surface area (Å²) in [5.74, 6) is 0.101. The molecule has 3 aromatic carbocycles. The Morgan fingerprint density at radius 2 is 1.52 bits per heavy atom. The number of carbonyl (C=O) groups excluding carboxylic acids is 1. The summed E-state index contributed by atoms with van der Waals surface area (Å²) in [6, 6.07) is 19.8. The third-order valence-electron chi connectivity index (χ3n) is 3.74. The van der Waals surface area contributed by atoms with Crippen LogP contribution in [0.15, 0.2) is 60.7 Å². The van der Waals surface area contributed by atoms with E-state index in [1.165, 1.54) is 5.56 Å². The van der Waals surface area contributed by atoms with Crippen molar-refractivity contribution in [1.82, 2.24) is 0 Å². The van der Waals surface area contributed by atoms with E-state index < -0.39 is 0 Å². The van der Waals surface area contributed by atoms with Crippen LogP contribution in [0.25, 0.3) is 10.8 Å². The quantitative estimate of drug-likeness (QED) is 0.600. The molecule has 0 aliphatic heterocycles. The summed E-state index contributed by atoms with van der Waals surface area (Å²) < 4.78 is 0. The number of hydrogen-bond donors (Lipinski definition) is 0. The topological polar surface area (TPSA) is 17.1 Å². The van der Waals surface area contributed by atoms with Crippen molar-refractivity contribution in [3.8, 4) is 0 Å². The molecule has 0 atom stereocenters. The van der Waals surface area contributed by atoms with E-state index in [2.05, 4.69) is 12.1 Å². The molecule has 0 amide bonds. The molecule has 0 fully saturated rings. The van der Waals surface area contributed by atoms with Crippen molar-refractivity contribution in [3.63, 3.8) is 0 Å². The number of carbonyl (C=O) groups is 1. The maximum Gasteiger partial charge on any atom is 0.160 e. The van der Waals surface area contributed by atoms with Gasteiger partial charge in [-0.2, -0.15) is 0 Å². The molecule has 1 nitrogen and oxygen atoms in total. The van der Waals surface area contributed by atoms with Crippen LogP contribution in [-0.2, 0) is 6.42 Å². The van der Waals surface area contributed by atoms with Crippen LogP contribution in [-0.4, -0.2) is 5.78 Å². The Hall–Kier alpha value is -2.12.